The monoisotopic (exact) mass is 168 g/mol. The molecule has 2 heteroatoms. The molecule has 12 heavy (non-hydrogen) atoms. The summed E-state index contributed by atoms with van der Waals surface area (Å²) < 4.78 is 0. The van der Waals surface area contributed by atoms with Crippen molar-refractivity contribution in [2.75, 3.05) is 0 Å². The van der Waals surface area contributed by atoms with Crippen LogP contribution in [0.5, 0.6) is 0 Å². The van der Waals surface area contributed by atoms with Crippen molar-refractivity contribution < 1.29 is 9.59 Å². The molecule has 0 N–H and O–H groups in total. The lowest BCUT2D eigenvalue weighted by atomic mass is 9.75. The summed E-state index contributed by atoms with van der Waals surface area (Å²) in [5.41, 5.74) is 0. The average molecular weight is 168 g/mol. The molecule has 0 aromatic carbocycles. The second-order valence-electron chi connectivity index (χ2n) is 3.46. The van der Waals surface area contributed by atoms with Gasteiger partial charge in [0.15, 0.2) is 0 Å². The molecular weight excluding hydrogens is 152 g/mol. The molecule has 1 aliphatic carbocycles. The second kappa shape index (κ2) is 3.83. The van der Waals surface area contributed by atoms with Gasteiger partial charge in [0, 0.05) is 24.7 Å². The van der Waals surface area contributed by atoms with Gasteiger partial charge in [-0.05, 0) is 12.8 Å². The molecular formula is C10H16O2. The molecule has 2 atom stereocenters. The molecule has 0 aliphatic heterocycles. The van der Waals surface area contributed by atoms with Crippen molar-refractivity contribution in [2.24, 2.45) is 11.8 Å². The molecule has 1 rings (SSSR count). The number of hydrogen-bond acceptors (Lipinski definition) is 2. The highest BCUT2D eigenvalue weighted by Crippen LogP contribution is 2.29. The number of carbonyl (C=O) groups is 2. The van der Waals surface area contributed by atoms with E-state index in [0.29, 0.717) is 24.4 Å². The third kappa shape index (κ3) is 1.57. The van der Waals surface area contributed by atoms with E-state index in [1.54, 1.807) is 0 Å². The molecule has 0 amide bonds. The zero-order chi connectivity index (χ0) is 9.14. The summed E-state index contributed by atoms with van der Waals surface area (Å²) in [6.07, 6.45) is 2.61. The predicted octanol–water partition coefficient (Wildman–Crippen LogP) is 1.97. The van der Waals surface area contributed by atoms with Gasteiger partial charge in [-0.2, -0.15) is 0 Å². The summed E-state index contributed by atoms with van der Waals surface area (Å²) in [6, 6.07) is 0. The Morgan fingerprint density at radius 3 is 1.58 bits per heavy atom. The molecule has 1 saturated carbocycles. The third-order valence-corrected chi connectivity index (χ3v) is 2.81. The van der Waals surface area contributed by atoms with Crippen LogP contribution in [-0.2, 0) is 9.59 Å². The Hall–Kier alpha value is -0.660. The van der Waals surface area contributed by atoms with Gasteiger partial charge in [-0.1, -0.05) is 13.8 Å². The van der Waals surface area contributed by atoms with E-state index in [0.717, 1.165) is 12.8 Å². The van der Waals surface area contributed by atoms with E-state index in [9.17, 15) is 9.59 Å². The highest BCUT2D eigenvalue weighted by molar-refractivity contribution is 5.96. The van der Waals surface area contributed by atoms with E-state index < -0.39 is 0 Å². The van der Waals surface area contributed by atoms with Crippen LogP contribution >= 0.6 is 0 Å². The zero-order valence-electron chi connectivity index (χ0n) is 7.80. The van der Waals surface area contributed by atoms with Crippen LogP contribution in [0.2, 0.25) is 0 Å². The quantitative estimate of drug-likeness (QED) is 0.631. The first-order valence-corrected chi connectivity index (χ1v) is 4.76. The molecule has 0 aromatic rings. The summed E-state index contributed by atoms with van der Waals surface area (Å²) in [6.45, 7) is 3.98. The number of ketones is 2. The van der Waals surface area contributed by atoms with Gasteiger partial charge in [0.2, 0.25) is 0 Å². The first-order valence-electron chi connectivity index (χ1n) is 4.76. The summed E-state index contributed by atoms with van der Waals surface area (Å²) in [5.74, 6) is 0.639. The van der Waals surface area contributed by atoms with E-state index in [2.05, 4.69) is 0 Å². The zero-order valence-corrected chi connectivity index (χ0v) is 7.80. The Morgan fingerprint density at radius 1 is 1.00 bits per heavy atom. The topological polar surface area (TPSA) is 34.1 Å². The Labute approximate surface area is 73.3 Å². The lowest BCUT2D eigenvalue weighted by molar-refractivity contribution is -0.138. The number of Topliss-reactive ketones (excluding diaryl/α,β-unsaturated/α-hetero) is 2. The minimum Gasteiger partial charge on any atom is -0.299 e. The fraction of sp³-hybridized carbons (Fsp3) is 0.800. The summed E-state index contributed by atoms with van der Waals surface area (Å²) >= 11 is 0. The van der Waals surface area contributed by atoms with E-state index >= 15 is 0 Å². The summed E-state index contributed by atoms with van der Waals surface area (Å²) in [4.78, 5) is 22.8. The maximum absolute atomic E-state index is 11.4. The first-order chi connectivity index (χ1) is 5.70. The highest BCUT2D eigenvalue weighted by Gasteiger charge is 2.34. The summed E-state index contributed by atoms with van der Waals surface area (Å²) in [7, 11) is 0. The van der Waals surface area contributed by atoms with Gasteiger partial charge < -0.3 is 0 Å². The smallest absolute Gasteiger partial charge is 0.137 e. The minimum atomic E-state index is 0.0243. The van der Waals surface area contributed by atoms with Gasteiger partial charge in [-0.3, -0.25) is 9.59 Å². The van der Waals surface area contributed by atoms with Crippen molar-refractivity contribution in [2.45, 2.75) is 39.5 Å². The highest BCUT2D eigenvalue weighted by atomic mass is 16.1. The standard InChI is InChI=1S/C10H16O2/c1-3-7-8(4-2)10(12)6-5-9(7)11/h7-8H,3-6H2,1-2H3. The Balaban J connectivity index is 2.74. The molecule has 1 fully saturated rings. The van der Waals surface area contributed by atoms with E-state index in [1.165, 1.54) is 0 Å². The number of carbonyl (C=O) groups excluding carboxylic acids is 2. The van der Waals surface area contributed by atoms with Gasteiger partial charge in [0.1, 0.15) is 11.6 Å². The van der Waals surface area contributed by atoms with E-state index in [-0.39, 0.29) is 11.8 Å². The normalized spacial score (nSPS) is 30.8. The van der Waals surface area contributed by atoms with Crippen LogP contribution in [0.1, 0.15) is 39.5 Å². The summed E-state index contributed by atoms with van der Waals surface area (Å²) in [5, 5.41) is 0. The van der Waals surface area contributed by atoms with Crippen LogP contribution < -0.4 is 0 Å². The van der Waals surface area contributed by atoms with Gasteiger partial charge in [-0.25, -0.2) is 0 Å². The van der Waals surface area contributed by atoms with Crippen molar-refractivity contribution in [3.63, 3.8) is 0 Å². The Morgan fingerprint density at radius 2 is 1.33 bits per heavy atom. The first kappa shape index (κ1) is 9.43. The Kier molecular flexibility index (Phi) is 3.01. The molecule has 0 bridgehead atoms. The lowest BCUT2D eigenvalue weighted by Gasteiger charge is -2.27. The van der Waals surface area contributed by atoms with Crippen molar-refractivity contribution in [3.05, 3.63) is 0 Å². The van der Waals surface area contributed by atoms with Gasteiger partial charge >= 0.3 is 0 Å². The molecule has 2 unspecified atom stereocenters. The largest absolute Gasteiger partial charge is 0.299 e. The molecule has 0 saturated heterocycles. The molecule has 0 spiro atoms. The van der Waals surface area contributed by atoms with Gasteiger partial charge in [-0.15, -0.1) is 0 Å². The van der Waals surface area contributed by atoms with Crippen LogP contribution in [0, 0.1) is 11.8 Å². The van der Waals surface area contributed by atoms with Crippen LogP contribution in [0.4, 0.5) is 0 Å². The number of rotatable bonds is 2. The maximum Gasteiger partial charge on any atom is 0.137 e. The lowest BCUT2D eigenvalue weighted by Crippen LogP contribution is -2.34. The fourth-order valence-corrected chi connectivity index (χ4v) is 2.09. The minimum absolute atomic E-state index is 0.0243. The third-order valence-electron chi connectivity index (χ3n) is 2.81. The fourth-order valence-electron chi connectivity index (χ4n) is 2.09. The molecule has 0 heterocycles. The van der Waals surface area contributed by atoms with Crippen molar-refractivity contribution in [3.8, 4) is 0 Å². The average Bonchev–Trinajstić information content (AvgIpc) is 2.08. The van der Waals surface area contributed by atoms with Crippen LogP contribution in [0.15, 0.2) is 0 Å². The van der Waals surface area contributed by atoms with Gasteiger partial charge in [0.25, 0.3) is 0 Å². The van der Waals surface area contributed by atoms with Crippen LogP contribution in [-0.4, -0.2) is 11.6 Å². The van der Waals surface area contributed by atoms with Crippen molar-refractivity contribution in [1.82, 2.24) is 0 Å². The van der Waals surface area contributed by atoms with Crippen LogP contribution in [0.3, 0.4) is 0 Å². The second-order valence-corrected chi connectivity index (χ2v) is 3.46. The van der Waals surface area contributed by atoms with E-state index in [1.807, 2.05) is 13.8 Å². The molecule has 2 nitrogen and oxygen atoms in total. The molecule has 1 aliphatic rings. The van der Waals surface area contributed by atoms with E-state index in [4.69, 9.17) is 0 Å². The Bertz CT molecular complexity index is 174. The number of hydrogen-bond donors (Lipinski definition) is 0. The van der Waals surface area contributed by atoms with Crippen molar-refractivity contribution in [1.29, 1.82) is 0 Å². The van der Waals surface area contributed by atoms with Gasteiger partial charge in [0.05, 0.1) is 0 Å². The predicted molar refractivity (Wildman–Crippen MR) is 46.8 cm³/mol. The van der Waals surface area contributed by atoms with Crippen LogP contribution in [0.25, 0.3) is 0 Å². The SMILES string of the molecule is CCC1C(=O)CCC(=O)C1CC. The maximum atomic E-state index is 11.4. The molecule has 0 aromatic heterocycles. The molecule has 0 radical (unpaired) electrons. The molecule has 68 valence electrons. The van der Waals surface area contributed by atoms with Crippen molar-refractivity contribution >= 4 is 11.6 Å².